The van der Waals surface area contributed by atoms with Crippen LogP contribution in [0.5, 0.6) is 0 Å². The van der Waals surface area contributed by atoms with Crippen LogP contribution in [0.3, 0.4) is 0 Å². The zero-order valence-corrected chi connectivity index (χ0v) is 21.1. The molecule has 0 aliphatic heterocycles. The zero-order chi connectivity index (χ0) is 26.8. The van der Waals surface area contributed by atoms with Crippen molar-refractivity contribution in [3.05, 3.63) is 95.3 Å². The van der Waals surface area contributed by atoms with Gasteiger partial charge in [-0.05, 0) is 55.3 Å². The molecule has 0 saturated carbocycles. The lowest BCUT2D eigenvalue weighted by Gasteiger charge is -2.28. The molecule has 3 rings (SSSR count). The molecule has 0 aliphatic rings. The fraction of sp³-hybridized carbons (Fsp3) is 0.357. The minimum atomic E-state index is -4.50. The van der Waals surface area contributed by atoms with Crippen LogP contribution in [-0.4, -0.2) is 52.5 Å². The van der Waals surface area contributed by atoms with Gasteiger partial charge in [0.2, 0.25) is 5.91 Å². The third-order valence-corrected chi connectivity index (χ3v) is 5.97. The van der Waals surface area contributed by atoms with E-state index in [0.29, 0.717) is 32.7 Å². The Morgan fingerprint density at radius 1 is 0.919 bits per heavy atom. The molecule has 0 spiro atoms. The van der Waals surface area contributed by atoms with Crippen molar-refractivity contribution in [2.24, 2.45) is 7.05 Å². The molecule has 0 atom stereocenters. The van der Waals surface area contributed by atoms with Gasteiger partial charge < -0.3 is 19.1 Å². The maximum Gasteiger partial charge on any atom is 0.416 e. The monoisotopic (exact) mass is 515 g/mol. The van der Waals surface area contributed by atoms with Crippen molar-refractivity contribution in [2.45, 2.75) is 32.6 Å². The van der Waals surface area contributed by atoms with Crippen molar-refractivity contribution in [1.82, 2.24) is 14.4 Å². The second-order valence-electron chi connectivity index (χ2n) is 8.70. The molecule has 37 heavy (non-hydrogen) atoms. The van der Waals surface area contributed by atoms with Crippen LogP contribution in [0.1, 0.15) is 40.5 Å². The van der Waals surface area contributed by atoms with Crippen molar-refractivity contribution in [3.8, 4) is 0 Å². The van der Waals surface area contributed by atoms with Crippen LogP contribution >= 0.6 is 0 Å². The van der Waals surface area contributed by atoms with E-state index in [1.54, 1.807) is 4.90 Å². The van der Waals surface area contributed by atoms with Gasteiger partial charge in [-0.2, -0.15) is 13.2 Å². The van der Waals surface area contributed by atoms with Gasteiger partial charge in [-0.3, -0.25) is 9.59 Å². The Hall–Kier alpha value is -3.59. The highest BCUT2D eigenvalue weighted by molar-refractivity contribution is 5.96. The lowest BCUT2D eigenvalue weighted by atomic mass is 10.1. The maximum absolute atomic E-state index is 13.5. The fourth-order valence-electron chi connectivity index (χ4n) is 3.89. The molecule has 9 heteroatoms. The second kappa shape index (κ2) is 13.1. The fourth-order valence-corrected chi connectivity index (χ4v) is 3.89. The van der Waals surface area contributed by atoms with Crippen LogP contribution in [0, 0.1) is 0 Å². The standard InChI is InChI=1S/C28H32F3N3O3/c1-3-37-18-8-17-33(27(36)23-12-14-24(15-13-23)28(29,30)31)21-26(35)34(19-22-9-5-4-6-10-22)20-25-11-7-16-32(25)2/h4-7,9-16H,3,8,17-21H2,1-2H3. The summed E-state index contributed by atoms with van der Waals surface area (Å²) in [5, 5.41) is 0. The Balaban J connectivity index is 1.81. The number of aromatic nitrogens is 1. The van der Waals surface area contributed by atoms with E-state index in [0.717, 1.165) is 35.5 Å². The molecule has 198 valence electrons. The lowest BCUT2D eigenvalue weighted by molar-refractivity contribution is -0.137. The topological polar surface area (TPSA) is 54.8 Å². The van der Waals surface area contributed by atoms with Crippen LogP contribution in [0.15, 0.2) is 72.9 Å². The largest absolute Gasteiger partial charge is 0.416 e. The summed E-state index contributed by atoms with van der Waals surface area (Å²) in [5.41, 5.74) is 1.14. The molecule has 3 aromatic rings. The third kappa shape index (κ3) is 8.21. The van der Waals surface area contributed by atoms with Crippen LogP contribution in [0.4, 0.5) is 13.2 Å². The Kier molecular flexibility index (Phi) is 9.91. The summed E-state index contributed by atoms with van der Waals surface area (Å²) < 4.78 is 46.2. The van der Waals surface area contributed by atoms with E-state index in [4.69, 9.17) is 4.74 Å². The van der Waals surface area contributed by atoms with E-state index in [9.17, 15) is 22.8 Å². The predicted octanol–water partition coefficient (Wildman–Crippen LogP) is 5.14. The highest BCUT2D eigenvalue weighted by atomic mass is 19.4. The van der Waals surface area contributed by atoms with Gasteiger partial charge in [0.15, 0.2) is 0 Å². The van der Waals surface area contributed by atoms with Gasteiger partial charge >= 0.3 is 6.18 Å². The van der Waals surface area contributed by atoms with E-state index < -0.39 is 17.6 Å². The van der Waals surface area contributed by atoms with Crippen molar-refractivity contribution in [2.75, 3.05) is 26.3 Å². The van der Waals surface area contributed by atoms with E-state index in [1.807, 2.05) is 67.2 Å². The van der Waals surface area contributed by atoms with Crippen LogP contribution in [0.2, 0.25) is 0 Å². The van der Waals surface area contributed by atoms with E-state index in [2.05, 4.69) is 0 Å². The molecule has 0 unspecified atom stereocenters. The number of aryl methyl sites for hydroxylation is 1. The van der Waals surface area contributed by atoms with Gasteiger partial charge in [0, 0.05) is 50.8 Å². The van der Waals surface area contributed by atoms with E-state index in [1.165, 1.54) is 4.90 Å². The number of rotatable bonds is 12. The minimum Gasteiger partial charge on any atom is -0.382 e. The normalized spacial score (nSPS) is 11.4. The van der Waals surface area contributed by atoms with Crippen molar-refractivity contribution in [1.29, 1.82) is 0 Å². The number of ether oxygens (including phenoxy) is 1. The van der Waals surface area contributed by atoms with Gasteiger partial charge in [0.1, 0.15) is 6.54 Å². The molecule has 2 amide bonds. The van der Waals surface area contributed by atoms with Crippen LogP contribution in [0.25, 0.3) is 0 Å². The first-order valence-electron chi connectivity index (χ1n) is 12.1. The number of benzene rings is 2. The van der Waals surface area contributed by atoms with E-state index in [-0.39, 0.29) is 24.6 Å². The Morgan fingerprint density at radius 3 is 2.22 bits per heavy atom. The third-order valence-electron chi connectivity index (χ3n) is 5.97. The molecule has 0 fully saturated rings. The number of alkyl halides is 3. The van der Waals surface area contributed by atoms with Crippen LogP contribution < -0.4 is 0 Å². The molecular formula is C28H32F3N3O3. The van der Waals surface area contributed by atoms with Gasteiger partial charge in [-0.15, -0.1) is 0 Å². The highest BCUT2D eigenvalue weighted by Gasteiger charge is 2.31. The minimum absolute atomic E-state index is 0.0919. The summed E-state index contributed by atoms with van der Waals surface area (Å²) in [7, 11) is 1.90. The average molecular weight is 516 g/mol. The Bertz CT molecular complexity index is 1140. The summed E-state index contributed by atoms with van der Waals surface area (Å²) >= 11 is 0. The zero-order valence-electron chi connectivity index (χ0n) is 21.1. The summed E-state index contributed by atoms with van der Waals surface area (Å²) in [4.78, 5) is 29.9. The van der Waals surface area contributed by atoms with Gasteiger partial charge in [-0.25, -0.2) is 0 Å². The molecule has 1 aromatic heterocycles. The molecule has 0 saturated heterocycles. The Morgan fingerprint density at radius 2 is 1.62 bits per heavy atom. The second-order valence-corrected chi connectivity index (χ2v) is 8.70. The summed E-state index contributed by atoms with van der Waals surface area (Å²) in [5.74, 6) is -0.765. The van der Waals surface area contributed by atoms with Crippen LogP contribution in [-0.2, 0) is 35.8 Å². The van der Waals surface area contributed by atoms with Gasteiger partial charge in [0.25, 0.3) is 5.91 Å². The summed E-state index contributed by atoms with van der Waals surface area (Å²) in [6.07, 6.45) is -2.11. The molecule has 6 nitrogen and oxygen atoms in total. The van der Waals surface area contributed by atoms with E-state index >= 15 is 0 Å². The number of nitrogens with zero attached hydrogens (tertiary/aromatic N) is 3. The molecular weight excluding hydrogens is 483 g/mol. The summed E-state index contributed by atoms with van der Waals surface area (Å²) in [6.45, 7) is 3.51. The first kappa shape index (κ1) is 28.0. The number of hydrogen-bond acceptors (Lipinski definition) is 3. The van der Waals surface area contributed by atoms with Crippen molar-refractivity contribution < 1.29 is 27.5 Å². The highest BCUT2D eigenvalue weighted by Crippen LogP contribution is 2.29. The number of hydrogen-bond donors (Lipinski definition) is 0. The number of carbonyl (C=O) groups excluding carboxylic acids is 2. The molecule has 1 heterocycles. The maximum atomic E-state index is 13.5. The SMILES string of the molecule is CCOCCCN(CC(=O)N(Cc1ccccc1)Cc1cccn1C)C(=O)c1ccc(C(F)(F)F)cc1. The summed E-state index contributed by atoms with van der Waals surface area (Å²) in [6, 6.07) is 17.4. The molecule has 0 bridgehead atoms. The molecule has 0 N–H and O–H groups in total. The Labute approximate surface area is 215 Å². The van der Waals surface area contributed by atoms with Crippen molar-refractivity contribution >= 4 is 11.8 Å². The predicted molar refractivity (Wildman–Crippen MR) is 135 cm³/mol. The molecule has 2 aromatic carbocycles. The average Bonchev–Trinajstić information content (AvgIpc) is 3.29. The molecule has 0 aliphatic carbocycles. The number of carbonyl (C=O) groups is 2. The lowest BCUT2D eigenvalue weighted by Crippen LogP contribution is -2.43. The first-order valence-corrected chi connectivity index (χ1v) is 12.1. The smallest absolute Gasteiger partial charge is 0.382 e. The van der Waals surface area contributed by atoms with Gasteiger partial charge in [0.05, 0.1) is 12.1 Å². The quantitative estimate of drug-likeness (QED) is 0.314. The number of halogens is 3. The first-order chi connectivity index (χ1) is 17.7. The van der Waals surface area contributed by atoms with Gasteiger partial charge in [-0.1, -0.05) is 30.3 Å². The number of amides is 2. The van der Waals surface area contributed by atoms with Crippen molar-refractivity contribution in [3.63, 3.8) is 0 Å². The molecule has 0 radical (unpaired) electrons.